The summed E-state index contributed by atoms with van der Waals surface area (Å²) in [5.41, 5.74) is 2.73. The molecule has 2 amide bonds. The van der Waals surface area contributed by atoms with Gasteiger partial charge in [-0.15, -0.1) is 0 Å². The highest BCUT2D eigenvalue weighted by Gasteiger charge is 2.43. The Bertz CT molecular complexity index is 827. The fourth-order valence-corrected chi connectivity index (χ4v) is 4.04. The maximum Gasteiger partial charge on any atom is 0.322 e. The number of halogens is 2. The number of amides is 2. The van der Waals surface area contributed by atoms with Crippen molar-refractivity contribution in [1.29, 1.82) is 0 Å². The predicted molar refractivity (Wildman–Crippen MR) is 92.2 cm³/mol. The molecule has 5 nitrogen and oxygen atoms in total. The minimum Gasteiger partial charge on any atom is -0.619 e. The number of hydrogen-bond acceptors (Lipinski definition) is 2. The average Bonchev–Trinajstić information content (AvgIpc) is 2.86. The zero-order valence-corrected chi connectivity index (χ0v) is 14.2. The number of anilines is 1. The van der Waals surface area contributed by atoms with Gasteiger partial charge in [0.1, 0.15) is 0 Å². The molecule has 1 aromatic carbocycles. The third kappa shape index (κ3) is 2.58. The lowest BCUT2D eigenvalue weighted by molar-refractivity contribution is -0.606. The number of benzene rings is 1. The van der Waals surface area contributed by atoms with Crippen molar-refractivity contribution in [1.82, 2.24) is 4.90 Å². The summed E-state index contributed by atoms with van der Waals surface area (Å²) in [7, 11) is 0. The van der Waals surface area contributed by atoms with Crippen molar-refractivity contribution < 1.29 is 9.52 Å². The smallest absolute Gasteiger partial charge is 0.322 e. The number of nitrogens with zero attached hydrogens (tertiary/aromatic N) is 2. The molecule has 7 heteroatoms. The summed E-state index contributed by atoms with van der Waals surface area (Å²) in [6, 6.07) is 6.84. The Labute approximate surface area is 149 Å². The minimum absolute atomic E-state index is 0.0164. The minimum atomic E-state index is -0.148. The summed E-state index contributed by atoms with van der Waals surface area (Å²) in [6.07, 6.45) is 5.67. The van der Waals surface area contributed by atoms with Crippen LogP contribution in [-0.4, -0.2) is 17.0 Å². The van der Waals surface area contributed by atoms with Crippen LogP contribution in [0.15, 0.2) is 36.7 Å². The zero-order chi connectivity index (χ0) is 16.8. The van der Waals surface area contributed by atoms with E-state index in [-0.39, 0.29) is 18.1 Å². The van der Waals surface area contributed by atoms with Crippen molar-refractivity contribution in [2.24, 2.45) is 0 Å². The van der Waals surface area contributed by atoms with Crippen molar-refractivity contribution in [2.75, 3.05) is 5.32 Å². The van der Waals surface area contributed by atoms with Gasteiger partial charge in [-0.05, 0) is 43.0 Å². The summed E-state index contributed by atoms with van der Waals surface area (Å²) in [6.45, 7) is 0. The van der Waals surface area contributed by atoms with Crippen LogP contribution in [0.2, 0.25) is 10.0 Å². The quantitative estimate of drug-likeness (QED) is 0.616. The number of nitrogens with one attached hydrogen (secondary N) is 1. The Morgan fingerprint density at radius 3 is 2.88 bits per heavy atom. The average molecular weight is 364 g/mol. The molecule has 3 heterocycles. The van der Waals surface area contributed by atoms with Crippen molar-refractivity contribution >= 4 is 34.9 Å². The van der Waals surface area contributed by atoms with Crippen LogP contribution in [0.25, 0.3) is 0 Å². The molecule has 1 N–H and O–H groups in total. The first-order valence-corrected chi connectivity index (χ1v) is 8.54. The SMILES string of the molecule is O=C(Nc1ccc(Cl)c(Cl)c1)N1[C@H]2CC[C@@H]1c1cc[n+]([O-])cc1C2. The van der Waals surface area contributed by atoms with E-state index in [1.54, 1.807) is 24.4 Å². The van der Waals surface area contributed by atoms with E-state index in [0.717, 1.165) is 28.7 Å². The number of carbonyl (C=O) groups excluding carboxylic acids is 1. The molecule has 0 saturated carbocycles. The van der Waals surface area contributed by atoms with Crippen molar-refractivity contribution in [3.63, 3.8) is 0 Å². The van der Waals surface area contributed by atoms with Crippen LogP contribution in [0.3, 0.4) is 0 Å². The summed E-state index contributed by atoms with van der Waals surface area (Å²) in [5.74, 6) is 0. The second-order valence-electron chi connectivity index (χ2n) is 6.20. The molecule has 2 aliphatic heterocycles. The molecule has 0 aliphatic carbocycles. The Kier molecular flexibility index (Phi) is 3.77. The van der Waals surface area contributed by atoms with E-state index in [2.05, 4.69) is 5.32 Å². The molecule has 1 fully saturated rings. The van der Waals surface area contributed by atoms with Gasteiger partial charge in [-0.1, -0.05) is 23.2 Å². The molecule has 2 aliphatic rings. The van der Waals surface area contributed by atoms with Gasteiger partial charge in [0.15, 0.2) is 12.4 Å². The molecular formula is C17H15Cl2N3O2. The lowest BCUT2D eigenvalue weighted by atomic mass is 9.95. The Morgan fingerprint density at radius 1 is 1.25 bits per heavy atom. The van der Waals surface area contributed by atoms with Gasteiger partial charge in [0.25, 0.3) is 0 Å². The van der Waals surface area contributed by atoms with Crippen molar-refractivity contribution in [3.8, 4) is 0 Å². The number of urea groups is 1. The molecule has 2 aromatic rings. The summed E-state index contributed by atoms with van der Waals surface area (Å²) in [4.78, 5) is 14.7. The molecule has 1 saturated heterocycles. The topological polar surface area (TPSA) is 59.3 Å². The largest absolute Gasteiger partial charge is 0.619 e. The van der Waals surface area contributed by atoms with Gasteiger partial charge in [-0.25, -0.2) is 4.79 Å². The molecule has 24 heavy (non-hydrogen) atoms. The van der Waals surface area contributed by atoms with Crippen LogP contribution < -0.4 is 10.0 Å². The van der Waals surface area contributed by atoms with E-state index in [1.165, 1.54) is 6.20 Å². The molecule has 1 aromatic heterocycles. The monoisotopic (exact) mass is 363 g/mol. The van der Waals surface area contributed by atoms with E-state index in [4.69, 9.17) is 23.2 Å². The number of rotatable bonds is 1. The Morgan fingerprint density at radius 2 is 2.08 bits per heavy atom. The highest BCUT2D eigenvalue weighted by Crippen LogP contribution is 2.43. The summed E-state index contributed by atoms with van der Waals surface area (Å²) in [5, 5.41) is 15.2. The van der Waals surface area contributed by atoms with Gasteiger partial charge in [0.05, 0.1) is 16.1 Å². The highest BCUT2D eigenvalue weighted by molar-refractivity contribution is 6.42. The number of fused-ring (bicyclic) bond motifs is 4. The highest BCUT2D eigenvalue weighted by atomic mass is 35.5. The molecule has 4 rings (SSSR count). The standard InChI is InChI=1S/C17H15Cl2N3O2/c18-14-3-1-11(8-15(14)19)20-17(23)22-12-2-4-16(22)13-5-6-21(24)9-10(13)7-12/h1,3,5-6,8-9,12,16H,2,4,7H2,(H,20,23)/t12-,16+/m0/s1. The van der Waals surface area contributed by atoms with Crippen molar-refractivity contribution in [2.45, 2.75) is 31.3 Å². The first-order chi connectivity index (χ1) is 11.5. The number of pyridine rings is 1. The van der Waals surface area contributed by atoms with Gasteiger partial charge < -0.3 is 15.4 Å². The first kappa shape index (κ1) is 15.5. The number of hydrogen-bond donors (Lipinski definition) is 1. The molecule has 2 bridgehead atoms. The van der Waals surface area contributed by atoms with E-state index in [9.17, 15) is 10.0 Å². The molecule has 0 unspecified atom stereocenters. The summed E-state index contributed by atoms with van der Waals surface area (Å²) < 4.78 is 0.823. The second-order valence-corrected chi connectivity index (χ2v) is 7.02. The van der Waals surface area contributed by atoms with Crippen LogP contribution in [0.1, 0.15) is 30.0 Å². The summed E-state index contributed by atoms with van der Waals surface area (Å²) >= 11 is 11.9. The third-order valence-electron chi connectivity index (χ3n) is 4.78. The second kappa shape index (κ2) is 5.83. The molecule has 2 atom stereocenters. The number of aromatic nitrogens is 1. The fraction of sp³-hybridized carbons (Fsp3) is 0.294. The lowest BCUT2D eigenvalue weighted by Crippen LogP contribution is -2.45. The van der Waals surface area contributed by atoms with Gasteiger partial charge >= 0.3 is 6.03 Å². The van der Waals surface area contributed by atoms with Gasteiger partial charge in [0, 0.05) is 23.4 Å². The van der Waals surface area contributed by atoms with E-state index < -0.39 is 0 Å². The predicted octanol–water partition coefficient (Wildman–Crippen LogP) is 3.92. The first-order valence-electron chi connectivity index (χ1n) is 7.79. The maximum absolute atomic E-state index is 12.8. The Balaban J connectivity index is 1.59. The molecular weight excluding hydrogens is 349 g/mol. The molecule has 0 spiro atoms. The van der Waals surface area contributed by atoms with Crippen LogP contribution in [-0.2, 0) is 6.42 Å². The number of carbonyl (C=O) groups is 1. The zero-order valence-electron chi connectivity index (χ0n) is 12.7. The van der Waals surface area contributed by atoms with Gasteiger partial charge in [0.2, 0.25) is 0 Å². The molecule has 0 radical (unpaired) electrons. The van der Waals surface area contributed by atoms with Crippen LogP contribution in [0.4, 0.5) is 10.5 Å². The lowest BCUT2D eigenvalue weighted by Gasteiger charge is -2.35. The van der Waals surface area contributed by atoms with E-state index in [0.29, 0.717) is 22.2 Å². The fourth-order valence-electron chi connectivity index (χ4n) is 3.74. The van der Waals surface area contributed by atoms with E-state index in [1.807, 2.05) is 11.0 Å². The van der Waals surface area contributed by atoms with Gasteiger partial charge in [-0.2, -0.15) is 4.73 Å². The molecule has 124 valence electrons. The normalized spacial score (nSPS) is 21.5. The van der Waals surface area contributed by atoms with Gasteiger partial charge in [-0.3, -0.25) is 0 Å². The van der Waals surface area contributed by atoms with Crippen LogP contribution in [0.5, 0.6) is 0 Å². The van der Waals surface area contributed by atoms with Crippen molar-refractivity contribution in [3.05, 3.63) is 63.0 Å². The van der Waals surface area contributed by atoms with Crippen LogP contribution >= 0.6 is 23.2 Å². The van der Waals surface area contributed by atoms with Crippen LogP contribution in [0, 0.1) is 5.21 Å². The Hall–Kier alpha value is -1.98. The third-order valence-corrected chi connectivity index (χ3v) is 5.52. The maximum atomic E-state index is 12.8. The van der Waals surface area contributed by atoms with E-state index >= 15 is 0 Å².